The van der Waals surface area contributed by atoms with Gasteiger partial charge in [0.2, 0.25) is 0 Å². The van der Waals surface area contributed by atoms with Crippen molar-refractivity contribution in [2.75, 3.05) is 32.8 Å². The molecule has 2 heterocycles. The zero-order chi connectivity index (χ0) is 28.0. The second kappa shape index (κ2) is 14.4. The summed E-state index contributed by atoms with van der Waals surface area (Å²) in [5.41, 5.74) is 18.4. The van der Waals surface area contributed by atoms with Gasteiger partial charge in [0.1, 0.15) is 18.3 Å². The van der Waals surface area contributed by atoms with Crippen molar-refractivity contribution in [2.24, 2.45) is 23.1 Å². The zero-order valence-corrected chi connectivity index (χ0v) is 21.8. The number of likely N-dealkylation sites (N-methyl/N-ethyl adjacent to an activating group) is 1. The van der Waals surface area contributed by atoms with Gasteiger partial charge in [0.15, 0.2) is 6.29 Å². The molecule has 2 saturated heterocycles. The van der Waals surface area contributed by atoms with Crippen LogP contribution in [0.25, 0.3) is 0 Å². The van der Waals surface area contributed by atoms with E-state index in [2.05, 4.69) is 10.6 Å². The van der Waals surface area contributed by atoms with Gasteiger partial charge in [-0.25, -0.2) is 9.86 Å². The third-order valence-corrected chi connectivity index (χ3v) is 7.63. The van der Waals surface area contributed by atoms with Gasteiger partial charge in [-0.15, -0.1) is 0 Å². The molecule has 3 rings (SSSR count). The molecular weight excluding hydrogens is 504 g/mol. The smallest absolute Gasteiger partial charge is 0.341 e. The van der Waals surface area contributed by atoms with Crippen molar-refractivity contribution < 1.29 is 44.6 Å². The number of aliphatic hydroxyl groups is 4. The van der Waals surface area contributed by atoms with E-state index in [1.807, 2.05) is 6.92 Å². The van der Waals surface area contributed by atoms with Crippen LogP contribution in [-0.4, -0.2) is 137 Å². The van der Waals surface area contributed by atoms with Gasteiger partial charge in [0.25, 0.3) is 0 Å². The zero-order valence-electron chi connectivity index (χ0n) is 21.8. The van der Waals surface area contributed by atoms with Crippen LogP contribution in [0.1, 0.15) is 32.6 Å². The number of nitrogens with zero attached hydrogens (tertiary/aromatic N) is 1. The second-order valence-electron chi connectivity index (χ2n) is 10.4. The molecule has 1 saturated carbocycles. The Morgan fingerprint density at radius 1 is 1.11 bits per heavy atom. The number of hydrogen-bond acceptors (Lipinski definition) is 13. The van der Waals surface area contributed by atoms with Crippen molar-refractivity contribution in [2.45, 2.75) is 99.8 Å². The van der Waals surface area contributed by atoms with E-state index < -0.39 is 79.6 Å². The fourth-order valence-corrected chi connectivity index (χ4v) is 5.58. The summed E-state index contributed by atoms with van der Waals surface area (Å²) in [4.78, 5) is 12.6. The summed E-state index contributed by atoms with van der Waals surface area (Å²) in [7, 11) is 0. The Morgan fingerprint density at radius 2 is 1.84 bits per heavy atom. The van der Waals surface area contributed by atoms with E-state index in [9.17, 15) is 30.4 Å². The Labute approximate surface area is 222 Å². The predicted octanol–water partition coefficient (Wildman–Crippen LogP) is -3.88. The molecule has 15 heteroatoms. The molecule has 1 unspecified atom stereocenters. The quantitative estimate of drug-likeness (QED) is 0.0924. The van der Waals surface area contributed by atoms with Crippen LogP contribution in [0.3, 0.4) is 0 Å². The molecule has 0 spiro atoms. The first kappa shape index (κ1) is 31.3. The van der Waals surface area contributed by atoms with Crippen molar-refractivity contribution in [3.05, 3.63) is 0 Å². The number of urea groups is 1. The van der Waals surface area contributed by atoms with Crippen LogP contribution >= 0.6 is 0 Å². The number of hydroxylamine groups is 2. The molecule has 13 N–H and O–H groups in total. The first-order chi connectivity index (χ1) is 18.1. The molecule has 0 aromatic carbocycles. The minimum Gasteiger partial charge on any atom is -0.394 e. The highest BCUT2D eigenvalue weighted by atomic mass is 16.7. The number of carbonyl (C=O) groups is 1. The topological polar surface area (TPSA) is 251 Å². The molecule has 222 valence electrons. The Bertz CT molecular complexity index is 739. The maximum Gasteiger partial charge on any atom is 0.341 e. The predicted molar refractivity (Wildman–Crippen MR) is 134 cm³/mol. The summed E-state index contributed by atoms with van der Waals surface area (Å²) in [6.07, 6.45) is -6.46. The first-order valence-electron chi connectivity index (χ1n) is 13.4. The van der Waals surface area contributed by atoms with Crippen molar-refractivity contribution >= 4 is 6.03 Å². The van der Waals surface area contributed by atoms with Gasteiger partial charge >= 0.3 is 6.03 Å². The maximum absolute atomic E-state index is 12.6. The number of amides is 2. The Morgan fingerprint density at radius 3 is 2.50 bits per heavy atom. The fourth-order valence-electron chi connectivity index (χ4n) is 5.58. The molecule has 2 aliphatic heterocycles. The molecule has 3 fully saturated rings. The lowest BCUT2D eigenvalue weighted by molar-refractivity contribution is -0.302. The summed E-state index contributed by atoms with van der Waals surface area (Å²) in [6.45, 7) is 2.78. The third-order valence-electron chi connectivity index (χ3n) is 7.63. The van der Waals surface area contributed by atoms with Crippen LogP contribution in [0.5, 0.6) is 0 Å². The van der Waals surface area contributed by atoms with Crippen LogP contribution in [0.15, 0.2) is 0 Å². The minimum absolute atomic E-state index is 0.0245. The number of hydrogen-bond donors (Lipinski definition) is 10. The second-order valence-corrected chi connectivity index (χ2v) is 10.4. The summed E-state index contributed by atoms with van der Waals surface area (Å²) < 4.78 is 17.9. The number of nitrogens with two attached hydrogens (primary N) is 3. The lowest BCUT2D eigenvalue weighted by Gasteiger charge is -2.50. The van der Waals surface area contributed by atoms with E-state index >= 15 is 0 Å². The Hall–Kier alpha value is -1.21. The molecule has 12 atom stereocenters. The van der Waals surface area contributed by atoms with Gasteiger partial charge in [-0.05, 0) is 25.8 Å². The van der Waals surface area contributed by atoms with Gasteiger partial charge in [-0.3, -0.25) is 5.21 Å². The van der Waals surface area contributed by atoms with Crippen LogP contribution in [0, 0.1) is 5.92 Å². The molecule has 3 aliphatic rings. The average molecular weight is 551 g/mol. The number of ether oxygens (including phenoxy) is 3. The van der Waals surface area contributed by atoms with E-state index in [0.717, 1.165) is 13.0 Å². The number of aliphatic hydroxyl groups excluding tert-OH is 4. The van der Waals surface area contributed by atoms with Crippen LogP contribution in [-0.2, 0) is 14.2 Å². The summed E-state index contributed by atoms with van der Waals surface area (Å²) in [6, 6.07) is -2.82. The van der Waals surface area contributed by atoms with Crippen LogP contribution in [0.2, 0.25) is 0 Å². The standard InChI is InChI=1S/C23H46N6O9/c1-2-27-9-11-3-4-12(25)20(36-11)18-13(26)7-14(28-23(34)29(35)6-5-24)21(19(18)33)38-22-16(32)8-15(31)17(10-30)37-22/h11-22,27,30-33,35H,2-10,24-26H2,1H3,(H,28,34)/t11-,12+,13-,14+,15-,16+,17+,18?,19-,20-,21-,22+/m0/s1. The number of carbonyl (C=O) groups excluding carboxylic acids is 1. The van der Waals surface area contributed by atoms with Gasteiger partial charge in [0, 0.05) is 37.5 Å². The Balaban J connectivity index is 1.83. The third kappa shape index (κ3) is 7.50. The number of nitrogens with one attached hydrogen (secondary N) is 2. The average Bonchev–Trinajstić information content (AvgIpc) is 2.87. The molecule has 15 nitrogen and oxygen atoms in total. The van der Waals surface area contributed by atoms with Gasteiger partial charge < -0.3 is 62.5 Å². The number of rotatable bonds is 10. The van der Waals surface area contributed by atoms with Gasteiger partial charge in [0.05, 0.1) is 43.6 Å². The fraction of sp³-hybridized carbons (Fsp3) is 0.957. The highest BCUT2D eigenvalue weighted by Gasteiger charge is 2.52. The normalized spacial score (nSPS) is 42.0. The van der Waals surface area contributed by atoms with E-state index in [1.165, 1.54) is 0 Å². The summed E-state index contributed by atoms with van der Waals surface area (Å²) in [5, 5.41) is 58.0. The van der Waals surface area contributed by atoms with Gasteiger partial charge in [-0.1, -0.05) is 6.92 Å². The maximum atomic E-state index is 12.6. The van der Waals surface area contributed by atoms with Crippen LogP contribution in [0.4, 0.5) is 4.79 Å². The van der Waals surface area contributed by atoms with E-state index in [1.54, 1.807) is 0 Å². The lowest BCUT2D eigenvalue weighted by atomic mass is 9.72. The highest BCUT2D eigenvalue weighted by molar-refractivity contribution is 5.73. The molecular formula is C23H46N6O9. The van der Waals surface area contributed by atoms with Crippen molar-refractivity contribution in [1.82, 2.24) is 15.7 Å². The molecule has 2 amide bonds. The molecule has 0 aromatic rings. The summed E-state index contributed by atoms with van der Waals surface area (Å²) >= 11 is 0. The largest absolute Gasteiger partial charge is 0.394 e. The van der Waals surface area contributed by atoms with E-state index in [-0.39, 0.29) is 32.0 Å². The molecule has 0 aromatic heterocycles. The van der Waals surface area contributed by atoms with E-state index in [0.29, 0.717) is 18.0 Å². The van der Waals surface area contributed by atoms with Crippen LogP contribution < -0.4 is 27.8 Å². The van der Waals surface area contributed by atoms with Crippen molar-refractivity contribution in [3.8, 4) is 0 Å². The van der Waals surface area contributed by atoms with E-state index in [4.69, 9.17) is 31.4 Å². The molecule has 0 bridgehead atoms. The SMILES string of the molecule is CCNC[C@@H]1CC[C@@H](N)[C@@H](C2[C@@H](N)C[C@@H](NC(=O)N(O)CCN)[C@H](O[C@H]3O[C@H](CO)[C@@H](O)C[C@H]3O)[C@H]2O)O1. The monoisotopic (exact) mass is 550 g/mol. The highest BCUT2D eigenvalue weighted by Crippen LogP contribution is 2.36. The summed E-state index contributed by atoms with van der Waals surface area (Å²) in [5.74, 6) is -0.679. The molecule has 0 radical (unpaired) electrons. The minimum atomic E-state index is -1.32. The lowest BCUT2D eigenvalue weighted by Crippen LogP contribution is -2.68. The first-order valence-corrected chi connectivity index (χ1v) is 13.4. The molecule has 1 aliphatic carbocycles. The molecule has 38 heavy (non-hydrogen) atoms. The van der Waals surface area contributed by atoms with Crippen molar-refractivity contribution in [3.63, 3.8) is 0 Å². The Kier molecular flexibility index (Phi) is 11.9. The van der Waals surface area contributed by atoms with Gasteiger partial charge in [-0.2, -0.15) is 0 Å². The van der Waals surface area contributed by atoms with Crippen molar-refractivity contribution in [1.29, 1.82) is 0 Å².